The number of methoxy groups -OCH3 is 1. The molecule has 4 N–H and O–H groups in total. The minimum atomic E-state index is -0.692. The Balaban J connectivity index is 1.41. The van der Waals surface area contributed by atoms with Crippen LogP contribution in [0.4, 0.5) is 4.39 Å². The maximum atomic E-state index is 13.8. The molecule has 1 aromatic carbocycles. The van der Waals surface area contributed by atoms with Gasteiger partial charge in [-0.3, -0.25) is 14.9 Å². The van der Waals surface area contributed by atoms with E-state index in [0.29, 0.717) is 36.5 Å². The second kappa shape index (κ2) is 13.8. The average molecular weight is 557 g/mol. The zero-order valence-electron chi connectivity index (χ0n) is 24.6. The number of hydrogen-bond acceptors (Lipinski definition) is 4. The van der Waals surface area contributed by atoms with Gasteiger partial charge in [0.1, 0.15) is 6.04 Å². The summed E-state index contributed by atoms with van der Waals surface area (Å²) >= 11 is 0. The van der Waals surface area contributed by atoms with E-state index in [1.807, 2.05) is 0 Å². The van der Waals surface area contributed by atoms with Crippen LogP contribution in [0.5, 0.6) is 5.75 Å². The van der Waals surface area contributed by atoms with Crippen LogP contribution >= 0.6 is 0 Å². The number of carbonyl (C=O) groups is 2. The number of nitrogens with one attached hydrogen (secondary N) is 2. The SMILES string of the molecule is CC[C@@H]1C[C@@H]2C[C@H](C)C[C@](CC(=O)NC(N)=N[C@H](CC3CCCCC3)C(=O)NCc3ccc(F)c(OC)c3)(C1)C2. The predicted octanol–water partition coefficient (Wildman–Crippen LogP) is 5.85. The smallest absolute Gasteiger partial charge is 0.245 e. The maximum Gasteiger partial charge on any atom is 0.245 e. The number of guanidine groups is 1. The van der Waals surface area contributed by atoms with E-state index >= 15 is 0 Å². The van der Waals surface area contributed by atoms with Crippen molar-refractivity contribution in [3.8, 4) is 5.75 Å². The van der Waals surface area contributed by atoms with Crippen molar-refractivity contribution in [1.29, 1.82) is 0 Å². The van der Waals surface area contributed by atoms with Gasteiger partial charge >= 0.3 is 0 Å². The highest BCUT2D eigenvalue weighted by atomic mass is 19.1. The van der Waals surface area contributed by atoms with Gasteiger partial charge in [-0.15, -0.1) is 0 Å². The first-order valence-corrected chi connectivity index (χ1v) is 15.4. The molecule has 3 aliphatic carbocycles. The maximum absolute atomic E-state index is 13.8. The van der Waals surface area contributed by atoms with Crippen LogP contribution in [0, 0.1) is 34.9 Å². The van der Waals surface area contributed by atoms with Crippen molar-refractivity contribution in [3.63, 3.8) is 0 Å². The van der Waals surface area contributed by atoms with Gasteiger partial charge in [-0.05, 0) is 85.3 Å². The van der Waals surface area contributed by atoms with E-state index in [9.17, 15) is 14.0 Å². The molecule has 7 nitrogen and oxygen atoms in total. The third-order valence-electron chi connectivity index (χ3n) is 9.57. The molecule has 3 fully saturated rings. The van der Waals surface area contributed by atoms with E-state index < -0.39 is 11.9 Å². The molecular formula is C32H49FN4O3. The van der Waals surface area contributed by atoms with Crippen molar-refractivity contribution >= 4 is 17.8 Å². The number of nitrogens with two attached hydrogens (primary N) is 1. The van der Waals surface area contributed by atoms with Crippen molar-refractivity contribution in [2.24, 2.45) is 39.8 Å². The fourth-order valence-corrected chi connectivity index (χ4v) is 8.02. The number of ether oxygens (including phenoxy) is 1. The van der Waals surface area contributed by atoms with E-state index in [1.165, 1.54) is 38.9 Å². The molecule has 0 aliphatic heterocycles. The number of hydrogen-bond donors (Lipinski definition) is 3. The fraction of sp³-hybridized carbons (Fsp3) is 0.719. The van der Waals surface area contributed by atoms with E-state index in [2.05, 4.69) is 29.5 Å². The highest BCUT2D eigenvalue weighted by Gasteiger charge is 2.45. The Morgan fingerprint density at radius 3 is 2.65 bits per heavy atom. The number of rotatable bonds is 10. The predicted molar refractivity (Wildman–Crippen MR) is 156 cm³/mol. The normalized spacial score (nSPS) is 28.0. The standard InChI is InChI=1S/C32H49FN4O3/c1-4-22-13-25-12-21(2)16-32(17-22,18-25)19-29(38)37-31(34)36-27(14-23-8-6-5-7-9-23)30(39)35-20-24-10-11-26(33)28(15-24)40-3/h10-11,15,21-23,25,27H,4-9,12-14,16-20H2,1-3H3,(H,35,39)(H3,34,36,37,38)/t21-,22+,25-,27+,32-/m0/s1. The summed E-state index contributed by atoms with van der Waals surface area (Å²) in [5.41, 5.74) is 7.04. The molecule has 8 heteroatoms. The van der Waals surface area contributed by atoms with Gasteiger partial charge in [-0.2, -0.15) is 0 Å². The van der Waals surface area contributed by atoms with Gasteiger partial charge in [-0.1, -0.05) is 58.4 Å². The van der Waals surface area contributed by atoms with E-state index in [-0.39, 0.29) is 35.5 Å². The van der Waals surface area contributed by atoms with Crippen molar-refractivity contribution in [2.75, 3.05) is 7.11 Å². The summed E-state index contributed by atoms with van der Waals surface area (Å²) < 4.78 is 18.9. The van der Waals surface area contributed by atoms with Crippen molar-refractivity contribution < 1.29 is 18.7 Å². The fourth-order valence-electron chi connectivity index (χ4n) is 8.02. The van der Waals surface area contributed by atoms with Crippen LogP contribution in [-0.4, -0.2) is 30.9 Å². The van der Waals surface area contributed by atoms with Crippen LogP contribution < -0.4 is 21.1 Å². The van der Waals surface area contributed by atoms with Gasteiger partial charge < -0.3 is 15.8 Å². The van der Waals surface area contributed by atoms with Crippen molar-refractivity contribution in [3.05, 3.63) is 29.6 Å². The van der Waals surface area contributed by atoms with E-state index in [0.717, 1.165) is 50.5 Å². The lowest BCUT2D eigenvalue weighted by molar-refractivity contribution is -0.125. The number of nitrogens with zero attached hydrogens (tertiary/aromatic N) is 1. The van der Waals surface area contributed by atoms with Crippen molar-refractivity contribution in [2.45, 2.75) is 110 Å². The monoisotopic (exact) mass is 556 g/mol. The van der Waals surface area contributed by atoms with Gasteiger partial charge in [0.15, 0.2) is 17.5 Å². The average Bonchev–Trinajstić information content (AvgIpc) is 2.91. The first-order chi connectivity index (χ1) is 19.2. The molecule has 1 aromatic rings. The Morgan fingerprint density at radius 1 is 1.15 bits per heavy atom. The highest BCUT2D eigenvalue weighted by Crippen LogP contribution is 2.55. The van der Waals surface area contributed by atoms with Gasteiger partial charge in [-0.25, -0.2) is 9.38 Å². The number of halogens is 1. The largest absolute Gasteiger partial charge is 0.494 e. The number of benzene rings is 1. The van der Waals surface area contributed by atoms with E-state index in [4.69, 9.17) is 10.5 Å². The van der Waals surface area contributed by atoms with Crippen LogP contribution in [-0.2, 0) is 16.1 Å². The molecule has 5 atom stereocenters. The minimum absolute atomic E-state index is 0.0177. The Labute approximate surface area is 239 Å². The van der Waals surface area contributed by atoms with Crippen LogP contribution in [0.1, 0.15) is 103 Å². The molecule has 0 unspecified atom stereocenters. The lowest BCUT2D eigenvalue weighted by atomic mass is 9.55. The van der Waals surface area contributed by atoms with Crippen molar-refractivity contribution in [1.82, 2.24) is 10.6 Å². The minimum Gasteiger partial charge on any atom is -0.494 e. The second-order valence-corrected chi connectivity index (χ2v) is 13.0. The summed E-state index contributed by atoms with van der Waals surface area (Å²) in [6.45, 7) is 4.80. The Bertz CT molecular complexity index is 1050. The lowest BCUT2D eigenvalue weighted by Gasteiger charge is -2.50. The molecule has 2 amide bonds. The number of fused-ring (bicyclic) bond motifs is 2. The molecule has 222 valence electrons. The first-order valence-electron chi connectivity index (χ1n) is 15.4. The van der Waals surface area contributed by atoms with E-state index in [1.54, 1.807) is 12.1 Å². The first kappa shape index (κ1) is 30.3. The number of aliphatic imine (C=N–C) groups is 1. The second-order valence-electron chi connectivity index (χ2n) is 13.0. The molecule has 40 heavy (non-hydrogen) atoms. The van der Waals surface area contributed by atoms with Crippen LogP contribution in [0.3, 0.4) is 0 Å². The zero-order chi connectivity index (χ0) is 28.7. The molecule has 3 saturated carbocycles. The molecule has 0 radical (unpaired) electrons. The Morgan fingerprint density at radius 2 is 1.93 bits per heavy atom. The Kier molecular flexibility index (Phi) is 10.5. The lowest BCUT2D eigenvalue weighted by Crippen LogP contribution is -2.46. The summed E-state index contributed by atoms with van der Waals surface area (Å²) in [5.74, 6) is 1.81. The molecule has 3 aliphatic rings. The third-order valence-corrected chi connectivity index (χ3v) is 9.57. The molecule has 0 saturated heterocycles. The summed E-state index contributed by atoms with van der Waals surface area (Å²) in [6.07, 6.45) is 13.8. The van der Waals surface area contributed by atoms with Gasteiger partial charge in [0, 0.05) is 13.0 Å². The van der Waals surface area contributed by atoms with Crippen LogP contribution in [0.2, 0.25) is 0 Å². The Hall–Kier alpha value is -2.64. The van der Waals surface area contributed by atoms with Gasteiger partial charge in [0.25, 0.3) is 0 Å². The molecule has 0 heterocycles. The van der Waals surface area contributed by atoms with Crippen LogP contribution in [0.25, 0.3) is 0 Å². The molecular weight excluding hydrogens is 507 g/mol. The molecule has 0 aromatic heterocycles. The highest BCUT2D eigenvalue weighted by molar-refractivity contribution is 5.97. The quantitative estimate of drug-likeness (QED) is 0.248. The van der Waals surface area contributed by atoms with Gasteiger partial charge in [0.2, 0.25) is 11.8 Å². The topological polar surface area (TPSA) is 106 Å². The summed E-state index contributed by atoms with van der Waals surface area (Å²) in [7, 11) is 1.41. The third kappa shape index (κ3) is 8.20. The summed E-state index contributed by atoms with van der Waals surface area (Å²) in [4.78, 5) is 31.1. The number of amides is 2. The molecule has 4 rings (SSSR count). The zero-order valence-corrected chi connectivity index (χ0v) is 24.6. The number of carbonyl (C=O) groups excluding carboxylic acids is 2. The molecule has 2 bridgehead atoms. The van der Waals surface area contributed by atoms with Gasteiger partial charge in [0.05, 0.1) is 7.11 Å². The van der Waals surface area contributed by atoms with Crippen LogP contribution in [0.15, 0.2) is 23.2 Å². The molecule has 0 spiro atoms. The summed E-state index contributed by atoms with van der Waals surface area (Å²) in [5, 5.41) is 5.78. The summed E-state index contributed by atoms with van der Waals surface area (Å²) in [6, 6.07) is 3.84.